The third-order valence-electron chi connectivity index (χ3n) is 7.19. The van der Waals surface area contributed by atoms with Crippen LogP contribution < -0.4 is 5.32 Å². The number of piperazine rings is 1. The fourth-order valence-electron chi connectivity index (χ4n) is 5.59. The van der Waals surface area contributed by atoms with E-state index in [2.05, 4.69) is 5.32 Å². The van der Waals surface area contributed by atoms with Gasteiger partial charge in [-0.3, -0.25) is 24.5 Å². The Labute approximate surface area is 179 Å². The maximum Gasteiger partial charge on any atom is 0.269 e. The van der Waals surface area contributed by atoms with Gasteiger partial charge in [0.05, 0.1) is 11.0 Å². The van der Waals surface area contributed by atoms with Crippen molar-refractivity contribution in [2.45, 2.75) is 37.8 Å². The Morgan fingerprint density at radius 1 is 1.10 bits per heavy atom. The minimum absolute atomic E-state index is 0.0470. The van der Waals surface area contributed by atoms with Gasteiger partial charge in [0, 0.05) is 62.5 Å². The number of carbonyl (C=O) groups excluding carboxylic acids is 3. The predicted molar refractivity (Wildman–Crippen MR) is 110 cm³/mol. The molecule has 5 rings (SSSR count). The molecule has 4 fully saturated rings. The summed E-state index contributed by atoms with van der Waals surface area (Å²) >= 11 is 0. The van der Waals surface area contributed by atoms with E-state index in [1.807, 2.05) is 0 Å². The second kappa shape index (κ2) is 7.71. The van der Waals surface area contributed by atoms with Crippen molar-refractivity contribution in [3.05, 3.63) is 39.9 Å². The van der Waals surface area contributed by atoms with E-state index in [0.717, 1.165) is 12.8 Å². The molecule has 1 aromatic carbocycles. The van der Waals surface area contributed by atoms with Crippen molar-refractivity contribution in [3.63, 3.8) is 0 Å². The number of likely N-dealkylation sites (tertiary alicyclic amines) is 1. The summed E-state index contributed by atoms with van der Waals surface area (Å²) in [4.78, 5) is 54.4. The summed E-state index contributed by atoms with van der Waals surface area (Å²) in [6, 6.07) is 4.90. The molecule has 31 heavy (non-hydrogen) atoms. The third kappa shape index (κ3) is 3.40. The zero-order valence-corrected chi connectivity index (χ0v) is 17.2. The van der Waals surface area contributed by atoms with Crippen LogP contribution in [0.15, 0.2) is 24.3 Å². The van der Waals surface area contributed by atoms with Crippen molar-refractivity contribution in [1.29, 1.82) is 0 Å². The highest BCUT2D eigenvalue weighted by Gasteiger charge is 2.60. The molecule has 1 N–H and O–H groups in total. The predicted octanol–water partition coefficient (Wildman–Crippen LogP) is 1.28. The molecule has 2 aliphatic heterocycles. The van der Waals surface area contributed by atoms with Crippen LogP contribution in [0.4, 0.5) is 5.69 Å². The van der Waals surface area contributed by atoms with Crippen LogP contribution in [0, 0.1) is 27.9 Å². The smallest absolute Gasteiger partial charge is 0.269 e. The summed E-state index contributed by atoms with van der Waals surface area (Å²) in [5.41, 5.74) is 0.499. The molecule has 0 aromatic heterocycles. The molecule has 2 saturated heterocycles. The van der Waals surface area contributed by atoms with Crippen LogP contribution in [0.25, 0.3) is 0 Å². The number of benzene rings is 1. The summed E-state index contributed by atoms with van der Waals surface area (Å²) in [5.74, 6) is -0.970. The van der Waals surface area contributed by atoms with Crippen molar-refractivity contribution in [1.82, 2.24) is 15.1 Å². The molecule has 9 nitrogen and oxygen atoms in total. The second-order valence-electron chi connectivity index (χ2n) is 9.03. The lowest BCUT2D eigenvalue weighted by molar-refractivity contribution is -0.385. The summed E-state index contributed by atoms with van der Waals surface area (Å²) in [6.45, 7) is 2.56. The highest BCUT2D eigenvalue weighted by atomic mass is 16.6. The topological polar surface area (TPSA) is 113 Å². The largest absolute Gasteiger partial charge is 0.338 e. The number of carbonyl (C=O) groups is 3. The number of fused-ring (bicyclic) bond motifs is 1. The van der Waals surface area contributed by atoms with E-state index in [0.29, 0.717) is 44.6 Å². The van der Waals surface area contributed by atoms with Crippen LogP contribution in [0.2, 0.25) is 0 Å². The molecule has 1 aromatic rings. The molecule has 2 amide bonds. The van der Waals surface area contributed by atoms with Crippen LogP contribution >= 0.6 is 0 Å². The van der Waals surface area contributed by atoms with E-state index in [-0.39, 0.29) is 35.1 Å². The zero-order valence-electron chi connectivity index (χ0n) is 17.2. The van der Waals surface area contributed by atoms with Crippen LogP contribution in [-0.2, 0) is 14.4 Å². The minimum Gasteiger partial charge on any atom is -0.338 e. The lowest BCUT2D eigenvalue weighted by Gasteiger charge is -2.36. The fourth-order valence-corrected chi connectivity index (χ4v) is 5.59. The Balaban J connectivity index is 1.58. The number of Topliss-reactive ketones (excluding diaryl/α,β-unsaturated/α-hetero) is 1. The first-order valence-corrected chi connectivity index (χ1v) is 11.1. The first-order chi connectivity index (χ1) is 15.0. The van der Waals surface area contributed by atoms with E-state index in [1.165, 1.54) is 12.1 Å². The first kappa shape index (κ1) is 20.1. The molecule has 0 bridgehead atoms. The normalized spacial score (nSPS) is 30.4. The number of nitro groups is 1. The van der Waals surface area contributed by atoms with E-state index in [4.69, 9.17) is 0 Å². The molecule has 4 aliphatic rings. The SMILES string of the molecule is O=C1CCC2C1C(c1cccc([N+](=O)[O-])c1)N(C(=O)C1CC1)C2C(=O)N1CCNCC1. The zero-order chi connectivity index (χ0) is 21.7. The fraction of sp³-hybridized carbons (Fsp3) is 0.591. The highest BCUT2D eigenvalue weighted by Crippen LogP contribution is 2.53. The molecule has 2 heterocycles. The average molecular weight is 426 g/mol. The van der Waals surface area contributed by atoms with Gasteiger partial charge in [0.2, 0.25) is 11.8 Å². The molecule has 4 unspecified atom stereocenters. The first-order valence-electron chi connectivity index (χ1n) is 11.1. The van der Waals surface area contributed by atoms with Gasteiger partial charge in [-0.05, 0) is 24.8 Å². The molecule has 0 radical (unpaired) electrons. The van der Waals surface area contributed by atoms with Crippen molar-refractivity contribution >= 4 is 23.3 Å². The molecule has 164 valence electrons. The van der Waals surface area contributed by atoms with E-state index < -0.39 is 22.9 Å². The standard InChI is InChI=1S/C22H26N4O5/c27-17-7-6-16-18(17)19(14-2-1-3-15(12-14)26(30)31)25(21(28)13-4-5-13)20(16)22(29)24-10-8-23-9-11-24/h1-3,12-13,16,18-20,23H,4-11H2. The Bertz CT molecular complexity index is 940. The van der Waals surface area contributed by atoms with Gasteiger partial charge in [-0.2, -0.15) is 0 Å². The van der Waals surface area contributed by atoms with Crippen molar-refractivity contribution in [2.75, 3.05) is 26.2 Å². The number of rotatable bonds is 4. The molecule has 2 saturated carbocycles. The number of hydrogen-bond acceptors (Lipinski definition) is 6. The summed E-state index contributed by atoms with van der Waals surface area (Å²) in [5, 5.41) is 14.6. The van der Waals surface area contributed by atoms with Crippen molar-refractivity contribution < 1.29 is 19.3 Å². The van der Waals surface area contributed by atoms with Gasteiger partial charge in [0.1, 0.15) is 11.8 Å². The number of nitro benzene ring substituents is 1. The summed E-state index contributed by atoms with van der Waals surface area (Å²) in [6.07, 6.45) is 2.53. The maximum atomic E-state index is 13.6. The van der Waals surface area contributed by atoms with Crippen molar-refractivity contribution in [3.8, 4) is 0 Å². The number of non-ortho nitro benzene ring substituents is 1. The quantitative estimate of drug-likeness (QED) is 0.573. The molecule has 0 spiro atoms. The summed E-state index contributed by atoms with van der Waals surface area (Å²) < 4.78 is 0. The van der Waals surface area contributed by atoms with Gasteiger partial charge in [-0.15, -0.1) is 0 Å². The minimum atomic E-state index is -0.674. The Kier molecular flexibility index (Phi) is 5.00. The Morgan fingerprint density at radius 2 is 1.84 bits per heavy atom. The number of hydrogen-bond donors (Lipinski definition) is 1. The van der Waals surface area contributed by atoms with Gasteiger partial charge in [0.15, 0.2) is 0 Å². The monoisotopic (exact) mass is 426 g/mol. The maximum absolute atomic E-state index is 13.6. The van der Waals surface area contributed by atoms with E-state index in [1.54, 1.807) is 21.9 Å². The summed E-state index contributed by atoms with van der Waals surface area (Å²) in [7, 11) is 0. The van der Waals surface area contributed by atoms with Crippen LogP contribution in [0.5, 0.6) is 0 Å². The highest BCUT2D eigenvalue weighted by molar-refractivity contribution is 5.95. The van der Waals surface area contributed by atoms with Crippen LogP contribution in [0.3, 0.4) is 0 Å². The van der Waals surface area contributed by atoms with Gasteiger partial charge < -0.3 is 15.1 Å². The lowest BCUT2D eigenvalue weighted by atomic mass is 9.86. The van der Waals surface area contributed by atoms with Gasteiger partial charge >= 0.3 is 0 Å². The molecule has 2 aliphatic carbocycles. The van der Waals surface area contributed by atoms with Gasteiger partial charge in [-0.1, -0.05) is 12.1 Å². The van der Waals surface area contributed by atoms with Gasteiger partial charge in [-0.25, -0.2) is 0 Å². The molecule has 9 heteroatoms. The average Bonchev–Trinajstić information content (AvgIpc) is 3.49. The van der Waals surface area contributed by atoms with E-state index >= 15 is 0 Å². The third-order valence-corrected chi connectivity index (χ3v) is 7.19. The number of amides is 2. The Hall–Kier alpha value is -2.81. The van der Waals surface area contributed by atoms with Crippen molar-refractivity contribution in [2.24, 2.45) is 17.8 Å². The van der Waals surface area contributed by atoms with Crippen LogP contribution in [0.1, 0.15) is 37.3 Å². The molecular weight excluding hydrogens is 400 g/mol. The van der Waals surface area contributed by atoms with Crippen LogP contribution in [-0.4, -0.2) is 64.5 Å². The second-order valence-corrected chi connectivity index (χ2v) is 9.03. The Morgan fingerprint density at radius 3 is 2.52 bits per heavy atom. The number of nitrogens with zero attached hydrogens (tertiary/aromatic N) is 3. The molecular formula is C22H26N4O5. The molecule has 4 atom stereocenters. The number of ketones is 1. The lowest BCUT2D eigenvalue weighted by Crippen LogP contribution is -2.55. The van der Waals surface area contributed by atoms with E-state index in [9.17, 15) is 24.5 Å². The van der Waals surface area contributed by atoms with Gasteiger partial charge in [0.25, 0.3) is 5.69 Å². The number of nitrogens with one attached hydrogen (secondary N) is 1.